The van der Waals surface area contributed by atoms with Gasteiger partial charge in [-0.15, -0.1) is 11.3 Å². The van der Waals surface area contributed by atoms with Gasteiger partial charge in [-0.3, -0.25) is 4.79 Å². The molecule has 1 aliphatic carbocycles. The normalized spacial score (nSPS) is 13.2. The van der Waals surface area contributed by atoms with E-state index in [1.165, 1.54) is 18.4 Å². The van der Waals surface area contributed by atoms with Crippen LogP contribution in [0.25, 0.3) is 0 Å². The molecule has 8 heteroatoms. The van der Waals surface area contributed by atoms with E-state index >= 15 is 0 Å². The summed E-state index contributed by atoms with van der Waals surface area (Å²) in [5, 5.41) is 7.34. The molecule has 1 aliphatic rings. The number of fused-ring (bicyclic) bond motifs is 1. The first-order chi connectivity index (χ1) is 15.5. The average molecular weight is 455 g/mol. The first-order valence-corrected chi connectivity index (χ1v) is 11.5. The Morgan fingerprint density at radius 2 is 2.00 bits per heavy atom. The molecule has 0 saturated carbocycles. The quantitative estimate of drug-likeness (QED) is 0.405. The van der Waals surface area contributed by atoms with Crippen molar-refractivity contribution in [3.63, 3.8) is 0 Å². The van der Waals surface area contributed by atoms with Crippen LogP contribution in [0.4, 0.5) is 5.00 Å². The number of anilines is 1. The van der Waals surface area contributed by atoms with Gasteiger partial charge in [-0.1, -0.05) is 23.7 Å². The van der Waals surface area contributed by atoms with E-state index in [1.54, 1.807) is 6.92 Å². The molecule has 0 radical (unpaired) electrons. The maximum absolute atomic E-state index is 13.1. The maximum Gasteiger partial charge on any atom is 0.341 e. The number of benzene rings is 1. The lowest BCUT2D eigenvalue weighted by molar-refractivity contribution is 0.0601. The first-order valence-electron chi connectivity index (χ1n) is 10.7. The highest BCUT2D eigenvalue weighted by Gasteiger charge is 2.28. The Labute approximate surface area is 190 Å². The maximum atomic E-state index is 13.1. The van der Waals surface area contributed by atoms with Crippen molar-refractivity contribution in [2.75, 3.05) is 12.4 Å². The molecule has 0 fully saturated rings. The van der Waals surface area contributed by atoms with Crippen molar-refractivity contribution >= 4 is 28.2 Å². The molecule has 2 heterocycles. The third-order valence-corrected chi connectivity index (χ3v) is 6.82. The van der Waals surface area contributed by atoms with Gasteiger partial charge in [-0.05, 0) is 62.8 Å². The Morgan fingerprint density at radius 3 is 2.78 bits per heavy atom. The van der Waals surface area contributed by atoms with Crippen LogP contribution in [0.3, 0.4) is 0 Å². The number of nitrogens with zero attached hydrogens (tertiary/aromatic N) is 1. The number of nitrogens with one attached hydrogen (secondary N) is 1. The van der Waals surface area contributed by atoms with E-state index in [1.807, 2.05) is 31.2 Å². The molecule has 3 aromatic rings. The predicted molar refractivity (Wildman–Crippen MR) is 122 cm³/mol. The molecule has 1 amide bonds. The Bertz CT molecular complexity index is 1150. The zero-order valence-electron chi connectivity index (χ0n) is 18.4. The summed E-state index contributed by atoms with van der Waals surface area (Å²) >= 11 is 1.44. The second-order valence-electron chi connectivity index (χ2n) is 7.89. The van der Waals surface area contributed by atoms with E-state index in [9.17, 15) is 9.59 Å². The SMILES string of the molecule is COC(=O)c1c(NC(=O)c2noc(C)c2COc2cccc(C)c2)sc2c1CCCCC2. The summed E-state index contributed by atoms with van der Waals surface area (Å²) in [6.07, 6.45) is 4.93. The van der Waals surface area contributed by atoms with Gasteiger partial charge in [0.15, 0.2) is 5.69 Å². The zero-order chi connectivity index (χ0) is 22.7. The summed E-state index contributed by atoms with van der Waals surface area (Å²) in [6.45, 7) is 3.87. The molecule has 4 rings (SSSR count). The van der Waals surface area contributed by atoms with Crippen LogP contribution in [-0.4, -0.2) is 24.1 Å². The van der Waals surface area contributed by atoms with Crippen LogP contribution >= 0.6 is 11.3 Å². The molecule has 7 nitrogen and oxygen atoms in total. The molecular weight excluding hydrogens is 428 g/mol. The van der Waals surface area contributed by atoms with Crippen molar-refractivity contribution < 1.29 is 23.6 Å². The minimum atomic E-state index is -0.439. The first kappa shape index (κ1) is 22.1. The zero-order valence-corrected chi connectivity index (χ0v) is 19.3. The fourth-order valence-corrected chi connectivity index (χ4v) is 5.18. The number of rotatable bonds is 6. The summed E-state index contributed by atoms with van der Waals surface area (Å²) in [7, 11) is 1.36. The van der Waals surface area contributed by atoms with Crippen LogP contribution in [0.15, 0.2) is 28.8 Å². The number of thiophene rings is 1. The van der Waals surface area contributed by atoms with Crippen LogP contribution in [0.5, 0.6) is 5.75 Å². The van der Waals surface area contributed by atoms with E-state index in [-0.39, 0.29) is 12.3 Å². The Balaban J connectivity index is 1.58. The summed E-state index contributed by atoms with van der Waals surface area (Å²) in [6, 6.07) is 7.67. The van der Waals surface area contributed by atoms with Crippen molar-refractivity contribution in [1.82, 2.24) is 5.16 Å². The lowest BCUT2D eigenvalue weighted by Crippen LogP contribution is -2.17. The van der Waals surface area contributed by atoms with Crippen LogP contribution in [0.2, 0.25) is 0 Å². The monoisotopic (exact) mass is 454 g/mol. The van der Waals surface area contributed by atoms with Gasteiger partial charge in [0.05, 0.1) is 18.2 Å². The Kier molecular flexibility index (Phi) is 6.60. The number of ether oxygens (including phenoxy) is 2. The highest BCUT2D eigenvalue weighted by molar-refractivity contribution is 7.17. The molecule has 0 unspecified atom stereocenters. The van der Waals surface area contributed by atoms with Crippen LogP contribution < -0.4 is 10.1 Å². The van der Waals surface area contributed by atoms with Crippen LogP contribution in [-0.2, 0) is 24.2 Å². The van der Waals surface area contributed by atoms with E-state index in [0.717, 1.165) is 48.1 Å². The highest BCUT2D eigenvalue weighted by atomic mass is 32.1. The van der Waals surface area contributed by atoms with Crippen LogP contribution in [0, 0.1) is 13.8 Å². The van der Waals surface area contributed by atoms with Gasteiger partial charge in [0.2, 0.25) is 0 Å². The molecule has 1 aromatic carbocycles. The average Bonchev–Trinajstić information content (AvgIpc) is 3.22. The number of aryl methyl sites for hydroxylation is 3. The third-order valence-electron chi connectivity index (χ3n) is 5.61. The number of esters is 1. The molecule has 0 spiro atoms. The van der Waals surface area contributed by atoms with Crippen LogP contribution in [0.1, 0.15) is 67.4 Å². The molecule has 0 bridgehead atoms. The highest BCUT2D eigenvalue weighted by Crippen LogP contribution is 2.38. The van der Waals surface area contributed by atoms with Gasteiger partial charge in [0, 0.05) is 4.88 Å². The number of carbonyl (C=O) groups excluding carboxylic acids is 2. The molecule has 0 atom stereocenters. The second kappa shape index (κ2) is 9.56. The molecular formula is C24H26N2O5S. The minimum absolute atomic E-state index is 0.145. The Morgan fingerprint density at radius 1 is 1.19 bits per heavy atom. The van der Waals surface area contributed by atoms with Gasteiger partial charge in [0.25, 0.3) is 5.91 Å². The number of methoxy groups -OCH3 is 1. The van der Waals surface area contributed by atoms with Gasteiger partial charge in [-0.2, -0.15) is 0 Å². The van der Waals surface area contributed by atoms with E-state index in [0.29, 0.717) is 27.6 Å². The topological polar surface area (TPSA) is 90.7 Å². The van der Waals surface area contributed by atoms with Gasteiger partial charge < -0.3 is 19.3 Å². The molecule has 32 heavy (non-hydrogen) atoms. The summed E-state index contributed by atoms with van der Waals surface area (Å²) in [5.74, 6) is 0.343. The number of carbonyl (C=O) groups is 2. The largest absolute Gasteiger partial charge is 0.489 e. The summed E-state index contributed by atoms with van der Waals surface area (Å²) < 4.78 is 16.2. The number of amides is 1. The van der Waals surface area contributed by atoms with Crippen molar-refractivity contribution in [1.29, 1.82) is 0 Å². The lowest BCUT2D eigenvalue weighted by atomic mass is 10.1. The fourth-order valence-electron chi connectivity index (χ4n) is 3.91. The van der Waals surface area contributed by atoms with Gasteiger partial charge in [0.1, 0.15) is 23.1 Å². The fraction of sp³-hybridized carbons (Fsp3) is 0.375. The molecule has 168 valence electrons. The molecule has 0 saturated heterocycles. The Hall–Kier alpha value is -3.13. The van der Waals surface area contributed by atoms with Crippen molar-refractivity contribution in [3.8, 4) is 5.75 Å². The summed E-state index contributed by atoms with van der Waals surface area (Å²) in [4.78, 5) is 26.8. The standard InChI is InChI=1S/C24H26N2O5S/c1-14-8-7-9-16(12-14)30-13-18-15(2)31-26-21(18)22(27)25-23-20(24(28)29-3)17-10-5-4-6-11-19(17)32-23/h7-9,12H,4-6,10-11,13H2,1-3H3,(H,25,27). The smallest absolute Gasteiger partial charge is 0.341 e. The summed E-state index contributed by atoms with van der Waals surface area (Å²) in [5.41, 5.74) is 3.25. The number of hydrogen-bond acceptors (Lipinski definition) is 7. The van der Waals surface area contributed by atoms with E-state index < -0.39 is 11.9 Å². The van der Waals surface area contributed by atoms with E-state index in [4.69, 9.17) is 14.0 Å². The second-order valence-corrected chi connectivity index (χ2v) is 8.99. The minimum Gasteiger partial charge on any atom is -0.489 e. The molecule has 1 N–H and O–H groups in total. The van der Waals surface area contributed by atoms with E-state index in [2.05, 4.69) is 10.5 Å². The number of aromatic nitrogens is 1. The predicted octanol–water partition coefficient (Wildman–Crippen LogP) is 5.24. The van der Waals surface area contributed by atoms with Gasteiger partial charge in [-0.25, -0.2) is 4.79 Å². The lowest BCUT2D eigenvalue weighted by Gasteiger charge is -2.09. The van der Waals surface area contributed by atoms with Gasteiger partial charge >= 0.3 is 5.97 Å². The van der Waals surface area contributed by atoms with Crippen molar-refractivity contribution in [2.24, 2.45) is 0 Å². The molecule has 0 aliphatic heterocycles. The third kappa shape index (κ3) is 4.55. The van der Waals surface area contributed by atoms with Crippen molar-refractivity contribution in [2.45, 2.75) is 52.6 Å². The van der Waals surface area contributed by atoms with Crippen molar-refractivity contribution in [3.05, 3.63) is 62.9 Å². The molecule has 2 aromatic heterocycles. The number of hydrogen-bond donors (Lipinski definition) is 1.